The number of carbonyl (C=O) groups excluding carboxylic acids is 1. The van der Waals surface area contributed by atoms with Crippen molar-refractivity contribution in [2.75, 3.05) is 5.32 Å². The van der Waals surface area contributed by atoms with Gasteiger partial charge < -0.3 is 11.1 Å². The van der Waals surface area contributed by atoms with Gasteiger partial charge in [-0.2, -0.15) is 0 Å². The van der Waals surface area contributed by atoms with Gasteiger partial charge in [-0.3, -0.25) is 14.9 Å². The molecule has 1 amide bonds. The van der Waals surface area contributed by atoms with E-state index in [2.05, 4.69) is 5.32 Å². The minimum Gasteiger partial charge on any atom is -0.324 e. The van der Waals surface area contributed by atoms with E-state index in [1.807, 2.05) is 6.07 Å². The van der Waals surface area contributed by atoms with Crippen LogP contribution in [0.1, 0.15) is 17.2 Å². The normalized spacial score (nSPS) is 11.7. The van der Waals surface area contributed by atoms with Crippen molar-refractivity contribution in [2.24, 2.45) is 5.73 Å². The van der Waals surface area contributed by atoms with E-state index in [9.17, 15) is 14.9 Å². The Bertz CT molecular complexity index is 671. The topological polar surface area (TPSA) is 98.3 Å². The highest BCUT2D eigenvalue weighted by Crippen LogP contribution is 2.25. The van der Waals surface area contributed by atoms with Crippen LogP contribution in [0.2, 0.25) is 0 Å². The molecule has 3 N–H and O–H groups in total. The summed E-state index contributed by atoms with van der Waals surface area (Å²) in [5.41, 5.74) is 7.32. The average molecular weight is 285 g/mol. The lowest BCUT2D eigenvalue weighted by Gasteiger charge is -2.14. The van der Waals surface area contributed by atoms with Crippen LogP contribution < -0.4 is 11.1 Å². The first-order valence-electron chi connectivity index (χ1n) is 6.36. The van der Waals surface area contributed by atoms with Crippen molar-refractivity contribution < 1.29 is 9.72 Å². The molecule has 0 fully saturated rings. The Morgan fingerprint density at radius 2 is 1.86 bits per heavy atom. The first-order chi connectivity index (χ1) is 10.0. The lowest BCUT2D eigenvalue weighted by Crippen LogP contribution is -2.28. The highest BCUT2D eigenvalue weighted by Gasteiger charge is 2.19. The zero-order valence-corrected chi connectivity index (χ0v) is 11.4. The molecule has 2 aromatic rings. The van der Waals surface area contributed by atoms with Crippen molar-refractivity contribution in [1.82, 2.24) is 0 Å². The van der Waals surface area contributed by atoms with Gasteiger partial charge in [-0.25, -0.2) is 0 Å². The summed E-state index contributed by atoms with van der Waals surface area (Å²) in [5.74, 6) is -0.412. The molecule has 1 atom stereocenters. The summed E-state index contributed by atoms with van der Waals surface area (Å²) in [4.78, 5) is 22.5. The summed E-state index contributed by atoms with van der Waals surface area (Å²) >= 11 is 0. The van der Waals surface area contributed by atoms with Crippen LogP contribution in [0, 0.1) is 17.0 Å². The molecule has 2 rings (SSSR count). The van der Waals surface area contributed by atoms with Gasteiger partial charge in [0, 0.05) is 6.07 Å². The van der Waals surface area contributed by atoms with Crippen LogP contribution in [-0.4, -0.2) is 10.8 Å². The van der Waals surface area contributed by atoms with Crippen LogP contribution in [0.15, 0.2) is 48.5 Å². The Morgan fingerprint density at radius 3 is 2.48 bits per heavy atom. The van der Waals surface area contributed by atoms with Gasteiger partial charge in [0.2, 0.25) is 5.91 Å². The Morgan fingerprint density at radius 1 is 1.19 bits per heavy atom. The molecule has 0 aliphatic rings. The predicted octanol–water partition coefficient (Wildman–Crippen LogP) is 2.54. The summed E-state index contributed by atoms with van der Waals surface area (Å²) in [6.07, 6.45) is 0. The molecular weight excluding hydrogens is 270 g/mol. The van der Waals surface area contributed by atoms with E-state index in [-0.39, 0.29) is 5.69 Å². The summed E-state index contributed by atoms with van der Waals surface area (Å²) in [7, 11) is 0. The molecule has 0 aromatic heterocycles. The third-order valence-electron chi connectivity index (χ3n) is 3.20. The van der Waals surface area contributed by atoms with Crippen LogP contribution >= 0.6 is 0 Å². The van der Waals surface area contributed by atoms with Gasteiger partial charge in [0.15, 0.2) is 0 Å². The SMILES string of the molecule is Cc1c(NC(=O)[C@@H](N)c2ccccc2)cccc1[N+](=O)[O-]. The molecule has 0 unspecified atom stereocenters. The maximum atomic E-state index is 12.1. The Labute approximate surface area is 121 Å². The first kappa shape index (κ1) is 14.7. The van der Waals surface area contributed by atoms with Crippen LogP contribution in [0.4, 0.5) is 11.4 Å². The monoisotopic (exact) mass is 285 g/mol. The molecule has 0 radical (unpaired) electrons. The van der Waals surface area contributed by atoms with Gasteiger partial charge in [-0.15, -0.1) is 0 Å². The van der Waals surface area contributed by atoms with Crippen molar-refractivity contribution in [2.45, 2.75) is 13.0 Å². The molecule has 0 heterocycles. The number of nitrogens with one attached hydrogen (secondary N) is 1. The zero-order valence-electron chi connectivity index (χ0n) is 11.4. The number of amides is 1. The second-order valence-electron chi connectivity index (χ2n) is 4.58. The van der Waals surface area contributed by atoms with E-state index < -0.39 is 16.9 Å². The fourth-order valence-corrected chi connectivity index (χ4v) is 1.98. The minimum absolute atomic E-state index is 0.0407. The molecule has 0 saturated heterocycles. The van der Waals surface area contributed by atoms with E-state index >= 15 is 0 Å². The molecule has 0 aliphatic heterocycles. The van der Waals surface area contributed by atoms with Crippen molar-refractivity contribution in [3.8, 4) is 0 Å². The van der Waals surface area contributed by atoms with Crippen LogP contribution in [0.25, 0.3) is 0 Å². The van der Waals surface area contributed by atoms with Crippen molar-refractivity contribution in [3.63, 3.8) is 0 Å². The van der Waals surface area contributed by atoms with Gasteiger partial charge in [0.25, 0.3) is 5.69 Å². The van der Waals surface area contributed by atoms with Crippen LogP contribution in [0.5, 0.6) is 0 Å². The van der Waals surface area contributed by atoms with E-state index in [0.717, 1.165) is 0 Å². The maximum absolute atomic E-state index is 12.1. The van der Waals surface area contributed by atoms with E-state index in [1.54, 1.807) is 37.3 Å². The molecular formula is C15H15N3O3. The number of benzene rings is 2. The first-order valence-corrected chi connectivity index (χ1v) is 6.36. The van der Waals surface area contributed by atoms with E-state index in [0.29, 0.717) is 16.8 Å². The standard InChI is InChI=1S/C15H15N3O3/c1-10-12(8-5-9-13(10)18(20)21)17-15(19)14(16)11-6-3-2-4-7-11/h2-9,14H,16H2,1H3,(H,17,19)/t14-/m0/s1. The summed E-state index contributed by atoms with van der Waals surface area (Å²) in [6.45, 7) is 1.59. The predicted molar refractivity (Wildman–Crippen MR) is 79.8 cm³/mol. The molecule has 21 heavy (non-hydrogen) atoms. The van der Waals surface area contributed by atoms with Gasteiger partial charge in [0.1, 0.15) is 6.04 Å². The van der Waals surface area contributed by atoms with E-state index in [4.69, 9.17) is 5.73 Å². The summed E-state index contributed by atoms with van der Waals surface area (Å²) < 4.78 is 0. The number of carbonyl (C=O) groups is 1. The second-order valence-corrected chi connectivity index (χ2v) is 4.58. The number of hydrogen-bond donors (Lipinski definition) is 2. The number of hydrogen-bond acceptors (Lipinski definition) is 4. The van der Waals surface area contributed by atoms with Gasteiger partial charge >= 0.3 is 0 Å². The lowest BCUT2D eigenvalue weighted by atomic mass is 10.1. The molecule has 0 spiro atoms. The van der Waals surface area contributed by atoms with Crippen LogP contribution in [0.3, 0.4) is 0 Å². The number of nitrogens with zero attached hydrogens (tertiary/aromatic N) is 1. The smallest absolute Gasteiger partial charge is 0.274 e. The number of nitro groups is 1. The summed E-state index contributed by atoms with van der Waals surface area (Å²) in [6, 6.07) is 12.6. The van der Waals surface area contributed by atoms with Crippen molar-refractivity contribution >= 4 is 17.3 Å². The molecule has 2 aromatic carbocycles. The molecule has 0 saturated carbocycles. The third-order valence-corrected chi connectivity index (χ3v) is 3.20. The zero-order chi connectivity index (χ0) is 15.4. The minimum atomic E-state index is -0.829. The van der Waals surface area contributed by atoms with Crippen molar-refractivity contribution in [1.29, 1.82) is 0 Å². The van der Waals surface area contributed by atoms with Crippen molar-refractivity contribution in [3.05, 3.63) is 69.8 Å². The highest BCUT2D eigenvalue weighted by molar-refractivity contribution is 5.96. The van der Waals surface area contributed by atoms with Gasteiger partial charge in [-0.1, -0.05) is 36.4 Å². The highest BCUT2D eigenvalue weighted by atomic mass is 16.6. The fourth-order valence-electron chi connectivity index (χ4n) is 1.98. The fraction of sp³-hybridized carbons (Fsp3) is 0.133. The Balaban J connectivity index is 2.21. The number of anilines is 1. The molecule has 6 nitrogen and oxygen atoms in total. The molecule has 0 bridgehead atoms. The second kappa shape index (κ2) is 6.15. The molecule has 6 heteroatoms. The summed E-state index contributed by atoms with van der Waals surface area (Å²) in [5, 5.41) is 13.5. The average Bonchev–Trinajstić information content (AvgIpc) is 2.49. The quantitative estimate of drug-likeness (QED) is 0.666. The lowest BCUT2D eigenvalue weighted by molar-refractivity contribution is -0.385. The van der Waals surface area contributed by atoms with Gasteiger partial charge in [-0.05, 0) is 18.6 Å². The third kappa shape index (κ3) is 3.24. The largest absolute Gasteiger partial charge is 0.324 e. The van der Waals surface area contributed by atoms with E-state index in [1.165, 1.54) is 12.1 Å². The molecule has 108 valence electrons. The molecule has 0 aliphatic carbocycles. The Hall–Kier alpha value is -2.73. The van der Waals surface area contributed by atoms with Gasteiger partial charge in [0.05, 0.1) is 16.2 Å². The number of nitrogens with two attached hydrogens (primary N) is 1. The Kier molecular flexibility index (Phi) is 4.30. The maximum Gasteiger partial charge on any atom is 0.274 e. The number of rotatable bonds is 4. The number of nitro benzene ring substituents is 1. The van der Waals surface area contributed by atoms with Crippen LogP contribution in [-0.2, 0) is 4.79 Å².